The summed E-state index contributed by atoms with van der Waals surface area (Å²) in [5.74, 6) is -0.188. The fraction of sp³-hybridized carbons (Fsp3) is 0.711. The van der Waals surface area contributed by atoms with Crippen molar-refractivity contribution in [2.45, 2.75) is 159 Å². The summed E-state index contributed by atoms with van der Waals surface area (Å²) >= 11 is 0. The van der Waals surface area contributed by atoms with E-state index in [4.69, 9.17) is 9.47 Å². The molecule has 0 aromatic carbocycles. The monoisotopic (exact) mass is 663 g/mol. The van der Waals surface area contributed by atoms with Gasteiger partial charge in [-0.25, -0.2) is 0 Å². The van der Waals surface area contributed by atoms with Gasteiger partial charge in [0.2, 0.25) is 5.91 Å². The van der Waals surface area contributed by atoms with Crippen LogP contribution in [-0.4, -0.2) is 87.5 Å². The third-order valence-electron chi connectivity index (χ3n) is 8.14. The Morgan fingerprint density at radius 3 is 1.91 bits per heavy atom. The van der Waals surface area contributed by atoms with Gasteiger partial charge >= 0.3 is 0 Å². The summed E-state index contributed by atoms with van der Waals surface area (Å²) in [5.41, 5.74) is 0. The molecule has 7 unspecified atom stereocenters. The Morgan fingerprint density at radius 1 is 0.745 bits per heavy atom. The van der Waals surface area contributed by atoms with Crippen molar-refractivity contribution in [1.82, 2.24) is 5.32 Å². The topological polar surface area (TPSA) is 149 Å². The molecule has 47 heavy (non-hydrogen) atoms. The molecule has 0 radical (unpaired) electrons. The molecule has 1 aliphatic rings. The van der Waals surface area contributed by atoms with E-state index in [1.807, 2.05) is 0 Å². The van der Waals surface area contributed by atoms with Gasteiger partial charge in [0.15, 0.2) is 6.29 Å². The van der Waals surface area contributed by atoms with Crippen LogP contribution in [0.3, 0.4) is 0 Å². The number of unbranched alkanes of at least 4 members (excludes halogenated alkanes) is 7. The van der Waals surface area contributed by atoms with Gasteiger partial charge in [0.25, 0.3) is 0 Å². The molecule has 0 aromatic heterocycles. The van der Waals surface area contributed by atoms with E-state index in [0.717, 1.165) is 89.9 Å². The van der Waals surface area contributed by atoms with Crippen molar-refractivity contribution >= 4 is 5.91 Å². The van der Waals surface area contributed by atoms with Crippen molar-refractivity contribution in [2.24, 2.45) is 0 Å². The van der Waals surface area contributed by atoms with Crippen LogP contribution in [0.4, 0.5) is 0 Å². The fourth-order valence-electron chi connectivity index (χ4n) is 5.18. The smallest absolute Gasteiger partial charge is 0.220 e. The van der Waals surface area contributed by atoms with Gasteiger partial charge in [0.1, 0.15) is 24.4 Å². The molecule has 270 valence electrons. The van der Waals surface area contributed by atoms with Gasteiger partial charge in [-0.3, -0.25) is 4.79 Å². The van der Waals surface area contributed by atoms with E-state index in [0.29, 0.717) is 12.8 Å². The Bertz CT molecular complexity index is 915. The Morgan fingerprint density at radius 2 is 1.32 bits per heavy atom. The maximum absolute atomic E-state index is 12.8. The molecule has 1 saturated heterocycles. The second-order valence-corrected chi connectivity index (χ2v) is 12.3. The highest BCUT2D eigenvalue weighted by Crippen LogP contribution is 2.22. The number of nitrogens with one attached hydrogen (secondary N) is 1. The molecule has 1 heterocycles. The van der Waals surface area contributed by atoms with Gasteiger partial charge in [0, 0.05) is 6.42 Å². The molecule has 1 fully saturated rings. The molecule has 0 aromatic rings. The zero-order valence-corrected chi connectivity index (χ0v) is 29.0. The molecule has 9 nitrogen and oxygen atoms in total. The highest BCUT2D eigenvalue weighted by atomic mass is 16.7. The lowest BCUT2D eigenvalue weighted by Gasteiger charge is -2.40. The minimum absolute atomic E-state index is 0.158. The number of aliphatic hydroxyl groups is 5. The second-order valence-electron chi connectivity index (χ2n) is 12.3. The first-order chi connectivity index (χ1) is 22.8. The SMILES string of the molecule is CC/C=C\C/C=C\C/C=C\C/C=C\C/C=C\CCCCCC(=O)NC(COC1OC(CO)C(O)C(O)C1O)C(O)CCCCCCC. The van der Waals surface area contributed by atoms with E-state index in [1.54, 1.807) is 0 Å². The number of hydrogen-bond donors (Lipinski definition) is 6. The Kier molecular flexibility index (Phi) is 26.4. The van der Waals surface area contributed by atoms with Gasteiger partial charge in [-0.05, 0) is 57.8 Å². The number of carbonyl (C=O) groups excluding carboxylic acids is 1. The molecule has 9 heteroatoms. The molecular formula is C38H65NO8. The molecular weight excluding hydrogens is 598 g/mol. The zero-order chi connectivity index (χ0) is 34.5. The quantitative estimate of drug-likeness (QED) is 0.0484. The van der Waals surface area contributed by atoms with Crippen molar-refractivity contribution in [3.05, 3.63) is 60.8 Å². The summed E-state index contributed by atoms with van der Waals surface area (Å²) < 4.78 is 11.1. The molecule has 7 atom stereocenters. The van der Waals surface area contributed by atoms with Crippen LogP contribution in [0.15, 0.2) is 60.8 Å². The van der Waals surface area contributed by atoms with Crippen LogP contribution in [0.5, 0.6) is 0 Å². The van der Waals surface area contributed by atoms with Crippen molar-refractivity contribution in [3.8, 4) is 0 Å². The minimum atomic E-state index is -1.56. The molecule has 1 aliphatic heterocycles. The second kappa shape index (κ2) is 28.9. The Labute approximate surface area is 284 Å². The molecule has 0 saturated carbocycles. The van der Waals surface area contributed by atoms with Crippen molar-refractivity contribution < 1.29 is 39.8 Å². The lowest BCUT2D eigenvalue weighted by atomic mass is 9.99. The average molecular weight is 664 g/mol. The summed E-state index contributed by atoms with van der Waals surface area (Å²) in [6, 6.07) is -0.734. The summed E-state index contributed by atoms with van der Waals surface area (Å²) in [6.45, 7) is 3.56. The van der Waals surface area contributed by atoms with E-state index in [2.05, 4.69) is 79.9 Å². The summed E-state index contributed by atoms with van der Waals surface area (Å²) in [4.78, 5) is 12.8. The van der Waals surface area contributed by atoms with Gasteiger partial charge < -0.3 is 40.3 Å². The molecule has 1 amide bonds. The van der Waals surface area contributed by atoms with Crippen molar-refractivity contribution in [1.29, 1.82) is 0 Å². The number of ether oxygens (including phenoxy) is 2. The number of amides is 1. The number of carbonyl (C=O) groups is 1. The van der Waals surface area contributed by atoms with Crippen LogP contribution in [0.1, 0.15) is 117 Å². The number of hydrogen-bond acceptors (Lipinski definition) is 8. The van der Waals surface area contributed by atoms with E-state index >= 15 is 0 Å². The van der Waals surface area contributed by atoms with Gasteiger partial charge in [-0.2, -0.15) is 0 Å². The van der Waals surface area contributed by atoms with Gasteiger partial charge in [-0.15, -0.1) is 0 Å². The van der Waals surface area contributed by atoms with Crippen LogP contribution in [0.25, 0.3) is 0 Å². The first-order valence-electron chi connectivity index (χ1n) is 18.0. The maximum Gasteiger partial charge on any atom is 0.220 e. The van der Waals surface area contributed by atoms with Gasteiger partial charge in [0.05, 0.1) is 25.4 Å². The maximum atomic E-state index is 12.8. The summed E-state index contributed by atoms with van der Waals surface area (Å²) in [5, 5.41) is 53.6. The van der Waals surface area contributed by atoms with Gasteiger partial charge in [-0.1, -0.05) is 113 Å². The van der Waals surface area contributed by atoms with E-state index in [9.17, 15) is 30.3 Å². The normalized spacial score (nSPS) is 23.6. The van der Waals surface area contributed by atoms with Crippen molar-refractivity contribution in [2.75, 3.05) is 13.2 Å². The third-order valence-corrected chi connectivity index (χ3v) is 8.14. The number of aliphatic hydroxyl groups excluding tert-OH is 5. The molecule has 1 rings (SSSR count). The average Bonchev–Trinajstić information content (AvgIpc) is 3.07. The molecule has 6 N–H and O–H groups in total. The lowest BCUT2D eigenvalue weighted by Crippen LogP contribution is -2.60. The first-order valence-corrected chi connectivity index (χ1v) is 18.0. The predicted octanol–water partition coefficient (Wildman–Crippen LogP) is 5.71. The summed E-state index contributed by atoms with van der Waals surface area (Å²) in [6.07, 6.45) is 28.4. The van der Waals surface area contributed by atoms with Crippen LogP contribution < -0.4 is 5.32 Å². The molecule has 0 bridgehead atoms. The zero-order valence-electron chi connectivity index (χ0n) is 29.0. The fourth-order valence-corrected chi connectivity index (χ4v) is 5.18. The molecule has 0 spiro atoms. The van der Waals surface area contributed by atoms with Crippen LogP contribution in [-0.2, 0) is 14.3 Å². The van der Waals surface area contributed by atoms with Crippen LogP contribution >= 0.6 is 0 Å². The van der Waals surface area contributed by atoms with E-state index in [1.165, 1.54) is 0 Å². The molecule has 0 aliphatic carbocycles. The number of allylic oxidation sites excluding steroid dienone is 10. The minimum Gasteiger partial charge on any atom is -0.394 e. The van der Waals surface area contributed by atoms with E-state index in [-0.39, 0.29) is 12.5 Å². The summed E-state index contributed by atoms with van der Waals surface area (Å²) in [7, 11) is 0. The predicted molar refractivity (Wildman–Crippen MR) is 189 cm³/mol. The third kappa shape index (κ3) is 20.8. The van der Waals surface area contributed by atoms with Crippen molar-refractivity contribution in [3.63, 3.8) is 0 Å². The van der Waals surface area contributed by atoms with Crippen LogP contribution in [0.2, 0.25) is 0 Å². The highest BCUT2D eigenvalue weighted by Gasteiger charge is 2.44. The van der Waals surface area contributed by atoms with E-state index < -0.39 is 49.5 Å². The largest absolute Gasteiger partial charge is 0.394 e. The lowest BCUT2D eigenvalue weighted by molar-refractivity contribution is -0.302. The first kappa shape index (κ1) is 42.9. The number of rotatable bonds is 27. The standard InChI is InChI=1S/C38H65NO8/c1-3-5-7-9-10-11-12-13-14-15-16-17-18-19-20-21-22-24-26-28-34(42)39-31(32(41)27-25-23-8-6-4-2)30-46-38-37(45)36(44)35(43)33(29-40)47-38/h5,7,10-11,13-14,16-17,19-20,31-33,35-38,40-41,43-45H,3-4,6,8-9,12,15,18,21-30H2,1-2H3,(H,39,42)/b7-5-,11-10-,14-13-,17-16-,20-19-. The highest BCUT2D eigenvalue weighted by molar-refractivity contribution is 5.76. The Hall–Kier alpha value is -2.11. The Balaban J connectivity index is 2.36. The van der Waals surface area contributed by atoms with Crippen LogP contribution in [0, 0.1) is 0 Å².